The number of nitrogens with one attached hydrogen (secondary N) is 2. The predicted octanol–water partition coefficient (Wildman–Crippen LogP) is 5.11. The third kappa shape index (κ3) is 5.93. The van der Waals surface area contributed by atoms with Gasteiger partial charge in [0.25, 0.3) is 11.5 Å². The summed E-state index contributed by atoms with van der Waals surface area (Å²) in [4.78, 5) is 31.2. The first-order valence-corrected chi connectivity index (χ1v) is 12.9. The Hall–Kier alpha value is -2.96. The lowest BCUT2D eigenvalue weighted by molar-refractivity contribution is 0.0950. The predicted molar refractivity (Wildman–Crippen MR) is 137 cm³/mol. The molecule has 1 amide bonds. The van der Waals surface area contributed by atoms with E-state index in [9.17, 15) is 9.59 Å². The monoisotopic (exact) mass is 465 g/mol. The highest BCUT2D eigenvalue weighted by Gasteiger charge is 2.17. The third-order valence-electron chi connectivity index (χ3n) is 6.43. The highest BCUT2D eigenvalue weighted by Crippen LogP contribution is 2.14. The van der Waals surface area contributed by atoms with E-state index in [0.717, 1.165) is 50.5 Å². The van der Waals surface area contributed by atoms with E-state index in [1.165, 1.54) is 23.7 Å². The Morgan fingerprint density at radius 1 is 1.00 bits per heavy atom. The van der Waals surface area contributed by atoms with Crippen LogP contribution in [0.1, 0.15) is 94.0 Å². The van der Waals surface area contributed by atoms with Crippen molar-refractivity contribution in [3.8, 4) is 0 Å². The zero-order chi connectivity index (χ0) is 24.5. The van der Waals surface area contributed by atoms with E-state index in [1.807, 2.05) is 19.1 Å². The second-order valence-corrected chi connectivity index (χ2v) is 9.18. The van der Waals surface area contributed by atoms with Crippen LogP contribution in [0.25, 0.3) is 16.7 Å². The smallest absolute Gasteiger partial charge is 0.267 e. The fraction of sp³-hybridized carbons (Fsp3) is 0.556. The summed E-state index contributed by atoms with van der Waals surface area (Å²) >= 11 is 0. The van der Waals surface area contributed by atoms with Gasteiger partial charge in [0.05, 0.1) is 10.9 Å². The van der Waals surface area contributed by atoms with Gasteiger partial charge >= 0.3 is 0 Å². The molecular weight excluding hydrogens is 426 g/mol. The number of fused-ring (bicyclic) bond motifs is 2. The van der Waals surface area contributed by atoms with Crippen molar-refractivity contribution in [3.63, 3.8) is 0 Å². The largest absolute Gasteiger partial charge is 0.352 e. The molecule has 3 heterocycles. The van der Waals surface area contributed by atoms with Crippen molar-refractivity contribution in [2.75, 3.05) is 6.54 Å². The minimum Gasteiger partial charge on any atom is -0.352 e. The van der Waals surface area contributed by atoms with Gasteiger partial charge in [0.15, 0.2) is 0 Å². The van der Waals surface area contributed by atoms with Gasteiger partial charge < -0.3 is 9.88 Å². The average molecular weight is 466 g/mol. The fourth-order valence-corrected chi connectivity index (χ4v) is 4.39. The molecule has 0 saturated carbocycles. The summed E-state index contributed by atoms with van der Waals surface area (Å²) < 4.78 is 3.29. The summed E-state index contributed by atoms with van der Waals surface area (Å²) in [6.07, 6.45) is 12.7. The highest BCUT2D eigenvalue weighted by atomic mass is 16.1. The maximum atomic E-state index is 13.4. The zero-order valence-electron chi connectivity index (χ0n) is 21.0. The molecule has 0 aliphatic rings. The van der Waals surface area contributed by atoms with Gasteiger partial charge in [-0.3, -0.25) is 19.4 Å². The molecule has 0 saturated heterocycles. The van der Waals surface area contributed by atoms with Crippen molar-refractivity contribution >= 4 is 22.6 Å². The van der Waals surface area contributed by atoms with Crippen LogP contribution in [0.5, 0.6) is 0 Å². The Morgan fingerprint density at radius 3 is 2.41 bits per heavy atom. The number of rotatable bonds is 13. The molecule has 0 fully saturated rings. The highest BCUT2D eigenvalue weighted by molar-refractivity contribution is 5.96. The Kier molecular flexibility index (Phi) is 9.42. The molecule has 0 aliphatic carbocycles. The molecule has 3 aromatic rings. The van der Waals surface area contributed by atoms with Crippen molar-refractivity contribution in [3.05, 3.63) is 51.4 Å². The number of unbranched alkanes of at least 4 members (excludes halogenated alkanes) is 8. The quantitative estimate of drug-likeness (QED) is 0.271. The van der Waals surface area contributed by atoms with Crippen molar-refractivity contribution < 1.29 is 4.79 Å². The van der Waals surface area contributed by atoms with Crippen LogP contribution in [0.3, 0.4) is 0 Å². The lowest BCUT2D eigenvalue weighted by atomic mass is 10.1. The number of hydrogen-bond acceptors (Lipinski definition) is 4. The van der Waals surface area contributed by atoms with Crippen LogP contribution in [-0.4, -0.2) is 26.4 Å². The van der Waals surface area contributed by atoms with E-state index in [0.29, 0.717) is 29.8 Å². The first kappa shape index (κ1) is 25.7. The number of amides is 1. The first-order valence-electron chi connectivity index (χ1n) is 12.9. The lowest BCUT2D eigenvalue weighted by Crippen LogP contribution is -2.35. The molecular formula is C27H39N5O2. The van der Waals surface area contributed by atoms with Crippen molar-refractivity contribution in [2.24, 2.45) is 0 Å². The van der Waals surface area contributed by atoms with Gasteiger partial charge in [0, 0.05) is 19.3 Å². The molecule has 2 N–H and O–H groups in total. The number of carbonyl (C=O) groups is 1. The van der Waals surface area contributed by atoms with Gasteiger partial charge in [-0.1, -0.05) is 71.3 Å². The summed E-state index contributed by atoms with van der Waals surface area (Å²) in [5.74, 6) is -0.297. The normalized spacial score (nSPS) is 11.4. The van der Waals surface area contributed by atoms with Gasteiger partial charge in [-0.2, -0.15) is 0 Å². The van der Waals surface area contributed by atoms with E-state index in [-0.39, 0.29) is 22.5 Å². The van der Waals surface area contributed by atoms with Crippen LogP contribution in [0.15, 0.2) is 29.2 Å². The maximum absolute atomic E-state index is 13.4. The Balaban J connectivity index is 2.00. The molecule has 0 atom stereocenters. The molecule has 7 heteroatoms. The lowest BCUT2D eigenvalue weighted by Gasteiger charge is -2.15. The number of aryl methyl sites for hydroxylation is 2. The van der Waals surface area contributed by atoms with Gasteiger partial charge in [-0.05, 0) is 37.5 Å². The van der Waals surface area contributed by atoms with Crippen LogP contribution in [0, 0.1) is 12.3 Å². The van der Waals surface area contributed by atoms with Gasteiger partial charge in [0.2, 0.25) is 0 Å². The van der Waals surface area contributed by atoms with Gasteiger partial charge in [0.1, 0.15) is 16.8 Å². The number of carbonyl (C=O) groups excluding carboxylic acids is 1. The molecule has 3 rings (SSSR count). The van der Waals surface area contributed by atoms with Crippen molar-refractivity contribution in [2.45, 2.75) is 91.5 Å². The van der Waals surface area contributed by atoms with E-state index in [4.69, 9.17) is 10.4 Å². The second-order valence-electron chi connectivity index (χ2n) is 9.18. The van der Waals surface area contributed by atoms with Gasteiger partial charge in [-0.15, -0.1) is 0 Å². The van der Waals surface area contributed by atoms with Crippen molar-refractivity contribution in [1.29, 1.82) is 5.41 Å². The topological polar surface area (TPSA) is 92.2 Å². The summed E-state index contributed by atoms with van der Waals surface area (Å²) in [5, 5.41) is 12.2. The Labute approximate surface area is 201 Å². The maximum Gasteiger partial charge on any atom is 0.267 e. The van der Waals surface area contributed by atoms with E-state index in [2.05, 4.69) is 19.2 Å². The molecule has 0 unspecified atom stereocenters. The van der Waals surface area contributed by atoms with Crippen LogP contribution in [-0.2, 0) is 6.54 Å². The van der Waals surface area contributed by atoms with E-state index in [1.54, 1.807) is 16.8 Å². The standard InChI is InChI=1S/C27H39N5O2/c1-4-6-8-10-11-13-17-31-23(28)21(26(33)29-16-12-9-7-5-2)19-22-25(31)30-24-20(3)15-14-18-32(24)27(22)34/h14-15,18-19,28H,4-13,16-17H2,1-3H3,(H,29,33). The van der Waals surface area contributed by atoms with E-state index < -0.39 is 0 Å². The second kappa shape index (κ2) is 12.5. The molecule has 7 nitrogen and oxygen atoms in total. The Morgan fingerprint density at radius 2 is 1.68 bits per heavy atom. The Bertz CT molecular complexity index is 1240. The molecule has 0 spiro atoms. The van der Waals surface area contributed by atoms with Crippen LogP contribution < -0.4 is 16.4 Å². The molecule has 184 valence electrons. The first-order chi connectivity index (χ1) is 16.5. The van der Waals surface area contributed by atoms with Crippen LogP contribution in [0.4, 0.5) is 0 Å². The SMILES string of the molecule is CCCCCCCCn1c(=N)c(C(=O)NCCCCCC)cc2c(=O)n3cccc(C)c3nc21. The van der Waals surface area contributed by atoms with Crippen LogP contribution in [0.2, 0.25) is 0 Å². The summed E-state index contributed by atoms with van der Waals surface area (Å²) in [6.45, 7) is 7.41. The zero-order valence-corrected chi connectivity index (χ0v) is 21.0. The molecule has 3 aromatic heterocycles. The average Bonchev–Trinajstić information content (AvgIpc) is 2.83. The molecule has 0 aromatic carbocycles. The van der Waals surface area contributed by atoms with E-state index >= 15 is 0 Å². The number of pyridine rings is 2. The third-order valence-corrected chi connectivity index (χ3v) is 6.43. The number of hydrogen-bond donors (Lipinski definition) is 2. The number of aromatic nitrogens is 3. The molecule has 0 aliphatic heterocycles. The molecule has 0 bridgehead atoms. The number of nitrogens with zero attached hydrogens (tertiary/aromatic N) is 3. The summed E-state index contributed by atoms with van der Waals surface area (Å²) in [5.41, 5.74) is 2.12. The van der Waals surface area contributed by atoms with Crippen molar-refractivity contribution in [1.82, 2.24) is 19.3 Å². The minimum absolute atomic E-state index is 0.122. The summed E-state index contributed by atoms with van der Waals surface area (Å²) in [7, 11) is 0. The molecule has 0 radical (unpaired) electrons. The van der Waals surface area contributed by atoms with Gasteiger partial charge in [-0.25, -0.2) is 4.98 Å². The minimum atomic E-state index is -0.297. The molecule has 34 heavy (non-hydrogen) atoms. The fourth-order valence-electron chi connectivity index (χ4n) is 4.39. The summed E-state index contributed by atoms with van der Waals surface area (Å²) in [6, 6.07) is 5.30. The van der Waals surface area contributed by atoms with Crippen LogP contribution >= 0.6 is 0 Å².